The van der Waals surface area contributed by atoms with Crippen molar-refractivity contribution in [3.05, 3.63) is 83.4 Å². The van der Waals surface area contributed by atoms with Crippen LogP contribution in [0.5, 0.6) is 17.2 Å². The van der Waals surface area contributed by atoms with Crippen molar-refractivity contribution in [3.63, 3.8) is 0 Å². The molecule has 3 aromatic carbocycles. The van der Waals surface area contributed by atoms with Crippen LogP contribution in [0.4, 0.5) is 5.69 Å². The molecule has 4 rings (SSSR count). The van der Waals surface area contributed by atoms with Crippen molar-refractivity contribution in [1.29, 1.82) is 0 Å². The molecule has 0 fully saturated rings. The summed E-state index contributed by atoms with van der Waals surface area (Å²) in [6.07, 6.45) is -0.134. The van der Waals surface area contributed by atoms with Gasteiger partial charge in [0, 0.05) is 22.7 Å². The molecule has 5 heteroatoms. The summed E-state index contributed by atoms with van der Waals surface area (Å²) in [5.74, 6) is 2.18. The Morgan fingerprint density at radius 3 is 2.41 bits per heavy atom. The number of methoxy groups -OCH3 is 2. The number of ether oxygens (including phenoxy) is 3. The van der Waals surface area contributed by atoms with E-state index in [2.05, 4.69) is 12.2 Å². The van der Waals surface area contributed by atoms with E-state index in [1.54, 1.807) is 26.4 Å². The Bertz CT molecular complexity index is 1030. The predicted octanol–water partition coefficient (Wildman–Crippen LogP) is 5.19. The lowest BCUT2D eigenvalue weighted by molar-refractivity contribution is 0.102. The van der Waals surface area contributed by atoms with Gasteiger partial charge in [-0.15, -0.1) is 0 Å². The molecule has 29 heavy (non-hydrogen) atoms. The summed E-state index contributed by atoms with van der Waals surface area (Å²) >= 11 is 0. The number of anilines is 1. The van der Waals surface area contributed by atoms with Gasteiger partial charge in [0.25, 0.3) is 5.91 Å². The van der Waals surface area contributed by atoms with Crippen LogP contribution in [0.15, 0.2) is 66.7 Å². The zero-order chi connectivity index (χ0) is 20.4. The Labute approximate surface area is 170 Å². The van der Waals surface area contributed by atoms with E-state index >= 15 is 0 Å². The number of fused-ring (bicyclic) bond motifs is 1. The maximum Gasteiger partial charge on any atom is 0.255 e. The molecule has 0 saturated carbocycles. The molecule has 0 bridgehead atoms. The van der Waals surface area contributed by atoms with Gasteiger partial charge in [0.1, 0.15) is 11.9 Å². The van der Waals surface area contributed by atoms with E-state index in [1.165, 1.54) is 0 Å². The highest BCUT2D eigenvalue weighted by atomic mass is 16.5. The SMILES string of the molecule is COc1ccc([C@@H]2Oc3ccc(NC(=O)c4ccccc4)cc3[C@H]2C)cc1OC. The monoisotopic (exact) mass is 389 g/mol. The second-order valence-electron chi connectivity index (χ2n) is 7.01. The fourth-order valence-corrected chi connectivity index (χ4v) is 3.67. The topological polar surface area (TPSA) is 56.8 Å². The maximum atomic E-state index is 12.4. The number of hydrogen-bond donors (Lipinski definition) is 1. The van der Waals surface area contributed by atoms with Crippen LogP contribution in [0.25, 0.3) is 0 Å². The summed E-state index contributed by atoms with van der Waals surface area (Å²) in [5, 5.41) is 2.97. The van der Waals surface area contributed by atoms with Crippen LogP contribution < -0.4 is 19.5 Å². The zero-order valence-corrected chi connectivity index (χ0v) is 16.6. The largest absolute Gasteiger partial charge is 0.493 e. The van der Waals surface area contributed by atoms with Crippen molar-refractivity contribution >= 4 is 11.6 Å². The molecule has 1 heterocycles. The average molecular weight is 389 g/mol. The van der Waals surface area contributed by atoms with E-state index in [0.29, 0.717) is 17.1 Å². The Hall–Kier alpha value is -3.47. The molecule has 1 N–H and O–H groups in total. The van der Waals surface area contributed by atoms with Crippen LogP contribution in [0.1, 0.15) is 40.4 Å². The highest BCUT2D eigenvalue weighted by Gasteiger charge is 2.33. The van der Waals surface area contributed by atoms with Crippen molar-refractivity contribution in [2.24, 2.45) is 0 Å². The van der Waals surface area contributed by atoms with E-state index in [9.17, 15) is 4.79 Å². The molecule has 0 aromatic heterocycles. The molecule has 1 aliphatic heterocycles. The molecule has 0 spiro atoms. The van der Waals surface area contributed by atoms with Crippen LogP contribution in [0.2, 0.25) is 0 Å². The first kappa shape index (κ1) is 18.9. The molecule has 148 valence electrons. The lowest BCUT2D eigenvalue weighted by Gasteiger charge is -2.17. The van der Waals surface area contributed by atoms with Crippen LogP contribution in [-0.2, 0) is 0 Å². The molecule has 1 aliphatic rings. The Morgan fingerprint density at radius 2 is 1.69 bits per heavy atom. The molecule has 0 saturated heterocycles. The van der Waals surface area contributed by atoms with E-state index in [1.807, 2.05) is 54.6 Å². The lowest BCUT2D eigenvalue weighted by atomic mass is 9.92. The quantitative estimate of drug-likeness (QED) is 0.652. The van der Waals surface area contributed by atoms with Gasteiger partial charge in [-0.25, -0.2) is 0 Å². The summed E-state index contributed by atoms with van der Waals surface area (Å²) in [7, 11) is 3.24. The van der Waals surface area contributed by atoms with Gasteiger partial charge in [-0.2, -0.15) is 0 Å². The number of hydrogen-bond acceptors (Lipinski definition) is 4. The first-order valence-corrected chi connectivity index (χ1v) is 9.49. The third-order valence-electron chi connectivity index (χ3n) is 5.24. The zero-order valence-electron chi connectivity index (χ0n) is 16.6. The second kappa shape index (κ2) is 7.87. The van der Waals surface area contributed by atoms with Crippen molar-refractivity contribution in [2.45, 2.75) is 18.9 Å². The number of amides is 1. The van der Waals surface area contributed by atoms with Gasteiger partial charge in [0.15, 0.2) is 11.5 Å². The van der Waals surface area contributed by atoms with Crippen molar-refractivity contribution < 1.29 is 19.0 Å². The van der Waals surface area contributed by atoms with Gasteiger partial charge < -0.3 is 19.5 Å². The molecular formula is C24H23NO4. The number of nitrogens with one attached hydrogen (secondary N) is 1. The molecule has 0 radical (unpaired) electrons. The molecule has 1 amide bonds. The fraction of sp³-hybridized carbons (Fsp3) is 0.208. The van der Waals surface area contributed by atoms with Crippen LogP contribution >= 0.6 is 0 Å². The van der Waals surface area contributed by atoms with Crippen molar-refractivity contribution in [1.82, 2.24) is 0 Å². The summed E-state index contributed by atoms with van der Waals surface area (Å²) < 4.78 is 17.0. The third-order valence-corrected chi connectivity index (χ3v) is 5.24. The van der Waals surface area contributed by atoms with Gasteiger partial charge in [-0.1, -0.05) is 31.2 Å². The second-order valence-corrected chi connectivity index (χ2v) is 7.01. The normalized spacial score (nSPS) is 17.2. The molecule has 0 aliphatic carbocycles. The minimum absolute atomic E-state index is 0.122. The van der Waals surface area contributed by atoms with Crippen molar-refractivity contribution in [3.8, 4) is 17.2 Å². The molecule has 5 nitrogen and oxygen atoms in total. The van der Waals surface area contributed by atoms with E-state index in [-0.39, 0.29) is 17.9 Å². The number of carbonyl (C=O) groups excluding carboxylic acids is 1. The Morgan fingerprint density at radius 1 is 0.931 bits per heavy atom. The first-order chi connectivity index (χ1) is 14.1. The van der Waals surface area contributed by atoms with Crippen LogP contribution in [0, 0.1) is 0 Å². The third kappa shape index (κ3) is 3.63. The first-order valence-electron chi connectivity index (χ1n) is 9.49. The van der Waals surface area contributed by atoms with Gasteiger partial charge >= 0.3 is 0 Å². The van der Waals surface area contributed by atoms with E-state index in [4.69, 9.17) is 14.2 Å². The maximum absolute atomic E-state index is 12.4. The molecule has 3 aromatic rings. The minimum atomic E-state index is -0.134. The number of carbonyl (C=O) groups is 1. The number of rotatable bonds is 5. The highest BCUT2D eigenvalue weighted by molar-refractivity contribution is 6.04. The van der Waals surface area contributed by atoms with Crippen LogP contribution in [-0.4, -0.2) is 20.1 Å². The van der Waals surface area contributed by atoms with Gasteiger partial charge in [-0.3, -0.25) is 4.79 Å². The molecule has 2 atom stereocenters. The van der Waals surface area contributed by atoms with Crippen molar-refractivity contribution in [2.75, 3.05) is 19.5 Å². The van der Waals surface area contributed by atoms with E-state index < -0.39 is 0 Å². The average Bonchev–Trinajstić information content (AvgIpc) is 3.10. The lowest BCUT2D eigenvalue weighted by Crippen LogP contribution is -2.11. The number of benzene rings is 3. The summed E-state index contributed by atoms with van der Waals surface area (Å²) in [4.78, 5) is 12.4. The predicted molar refractivity (Wildman–Crippen MR) is 112 cm³/mol. The van der Waals surface area contributed by atoms with E-state index in [0.717, 1.165) is 22.6 Å². The highest BCUT2D eigenvalue weighted by Crippen LogP contribution is 2.47. The van der Waals surface area contributed by atoms with Gasteiger partial charge in [-0.05, 0) is 48.0 Å². The standard InChI is InChI=1S/C24H23NO4/c1-15-19-14-18(25-24(26)16-7-5-4-6-8-16)10-12-20(19)29-23(15)17-9-11-21(27-2)22(13-17)28-3/h4-15,23H,1-3H3,(H,25,26)/t15-,23-/m1/s1. The van der Waals surface area contributed by atoms with Crippen LogP contribution in [0.3, 0.4) is 0 Å². The Kier molecular flexibility index (Phi) is 5.12. The molecule has 0 unspecified atom stereocenters. The van der Waals surface area contributed by atoms with Gasteiger partial charge in [0.2, 0.25) is 0 Å². The minimum Gasteiger partial charge on any atom is -0.493 e. The Balaban J connectivity index is 1.56. The summed E-state index contributed by atoms with van der Waals surface area (Å²) in [6, 6.07) is 20.8. The van der Waals surface area contributed by atoms with Gasteiger partial charge in [0.05, 0.1) is 14.2 Å². The summed E-state index contributed by atoms with van der Waals surface area (Å²) in [6.45, 7) is 2.12. The molecular weight excluding hydrogens is 366 g/mol. The fourth-order valence-electron chi connectivity index (χ4n) is 3.67. The smallest absolute Gasteiger partial charge is 0.255 e. The summed E-state index contributed by atoms with van der Waals surface area (Å²) in [5.41, 5.74) is 3.46.